The number of ether oxygens (including phenoxy) is 1. The van der Waals surface area contributed by atoms with Crippen LogP contribution in [0.5, 0.6) is 0 Å². The zero-order valence-electron chi connectivity index (χ0n) is 9.18. The van der Waals surface area contributed by atoms with Crippen molar-refractivity contribution in [2.45, 2.75) is 40.2 Å². The summed E-state index contributed by atoms with van der Waals surface area (Å²) >= 11 is 0. The van der Waals surface area contributed by atoms with Gasteiger partial charge < -0.3 is 9.72 Å². The molecule has 3 nitrogen and oxygen atoms in total. The molecule has 3 heteroatoms. The molecular weight excluding hydrogens is 178 g/mol. The maximum atomic E-state index is 11.3. The van der Waals surface area contributed by atoms with Crippen LogP contribution in [0.4, 0.5) is 0 Å². The van der Waals surface area contributed by atoms with Crippen LogP contribution in [0.15, 0.2) is 6.07 Å². The van der Waals surface area contributed by atoms with E-state index < -0.39 is 0 Å². The predicted octanol–water partition coefficient (Wildman–Crippen LogP) is 2.13. The van der Waals surface area contributed by atoms with Crippen molar-refractivity contribution in [1.29, 1.82) is 0 Å². The number of aromatic nitrogens is 1. The Morgan fingerprint density at radius 2 is 2.14 bits per heavy atom. The fraction of sp³-hybridized carbons (Fsp3) is 0.545. The van der Waals surface area contributed by atoms with E-state index in [-0.39, 0.29) is 12.1 Å². The Morgan fingerprint density at radius 3 is 2.57 bits per heavy atom. The third kappa shape index (κ3) is 2.91. The lowest BCUT2D eigenvalue weighted by molar-refractivity contribution is -0.146. The van der Waals surface area contributed by atoms with Crippen molar-refractivity contribution in [3.8, 4) is 0 Å². The highest BCUT2D eigenvalue weighted by molar-refractivity contribution is 5.73. The average Bonchev–Trinajstić information content (AvgIpc) is 2.28. The molecule has 0 aliphatic carbocycles. The number of rotatable bonds is 3. The lowest BCUT2D eigenvalue weighted by atomic mass is 10.2. The van der Waals surface area contributed by atoms with Crippen molar-refractivity contribution in [3.05, 3.63) is 23.0 Å². The molecule has 14 heavy (non-hydrogen) atoms. The molecule has 0 saturated carbocycles. The van der Waals surface area contributed by atoms with E-state index >= 15 is 0 Å². The molecule has 0 aliphatic rings. The molecule has 0 atom stereocenters. The molecule has 0 amide bonds. The fourth-order valence-electron chi connectivity index (χ4n) is 1.43. The van der Waals surface area contributed by atoms with Gasteiger partial charge in [-0.15, -0.1) is 0 Å². The summed E-state index contributed by atoms with van der Waals surface area (Å²) in [6.07, 6.45) is 0.316. The Kier molecular flexibility index (Phi) is 3.33. The summed E-state index contributed by atoms with van der Waals surface area (Å²) in [7, 11) is 0. The third-order valence-electron chi connectivity index (χ3n) is 1.96. The molecule has 1 aromatic rings. The highest BCUT2D eigenvalue weighted by Gasteiger charge is 2.10. The second-order valence-electron chi connectivity index (χ2n) is 3.82. The molecule has 0 saturated heterocycles. The van der Waals surface area contributed by atoms with E-state index in [2.05, 4.69) is 4.98 Å². The van der Waals surface area contributed by atoms with Gasteiger partial charge in [0.15, 0.2) is 0 Å². The van der Waals surface area contributed by atoms with E-state index in [1.54, 1.807) is 0 Å². The summed E-state index contributed by atoms with van der Waals surface area (Å²) in [6.45, 7) is 7.65. The largest absolute Gasteiger partial charge is 0.463 e. The summed E-state index contributed by atoms with van der Waals surface area (Å²) in [6, 6.07) is 1.98. The van der Waals surface area contributed by atoms with Crippen LogP contribution in [0, 0.1) is 13.8 Å². The van der Waals surface area contributed by atoms with Gasteiger partial charge in [-0.1, -0.05) is 0 Å². The molecule has 0 bridgehead atoms. The number of carbonyl (C=O) groups is 1. The van der Waals surface area contributed by atoms with E-state index in [1.165, 1.54) is 0 Å². The van der Waals surface area contributed by atoms with Crippen LogP contribution in [0.25, 0.3) is 0 Å². The molecule has 1 rings (SSSR count). The topological polar surface area (TPSA) is 42.1 Å². The smallest absolute Gasteiger partial charge is 0.310 e. The van der Waals surface area contributed by atoms with E-state index in [1.807, 2.05) is 33.8 Å². The molecule has 1 N–H and O–H groups in total. The first-order valence-electron chi connectivity index (χ1n) is 4.83. The minimum absolute atomic E-state index is 0.0390. The molecule has 0 aromatic carbocycles. The average molecular weight is 195 g/mol. The van der Waals surface area contributed by atoms with Crippen LogP contribution in [-0.2, 0) is 16.0 Å². The molecule has 0 aliphatic heterocycles. The Balaban J connectivity index is 2.60. The standard InChI is InChI=1S/C11H17NO2/c1-7(2)14-11(13)6-10-5-8(3)12-9(10)4/h5,7,12H,6H2,1-4H3. The summed E-state index contributed by atoms with van der Waals surface area (Å²) in [4.78, 5) is 14.5. The van der Waals surface area contributed by atoms with Gasteiger partial charge in [0, 0.05) is 11.4 Å². The Labute approximate surface area is 84.5 Å². The maximum Gasteiger partial charge on any atom is 0.310 e. The van der Waals surface area contributed by atoms with Crippen LogP contribution < -0.4 is 0 Å². The first-order valence-corrected chi connectivity index (χ1v) is 4.83. The summed E-state index contributed by atoms with van der Waals surface area (Å²) in [5, 5.41) is 0. The quantitative estimate of drug-likeness (QED) is 0.751. The lowest BCUT2D eigenvalue weighted by Crippen LogP contribution is -2.13. The Bertz CT molecular complexity index is 326. The zero-order chi connectivity index (χ0) is 10.7. The zero-order valence-corrected chi connectivity index (χ0v) is 9.18. The number of H-pyrrole nitrogens is 1. The second kappa shape index (κ2) is 4.31. The van der Waals surface area contributed by atoms with Crippen molar-refractivity contribution >= 4 is 5.97 Å². The van der Waals surface area contributed by atoms with Crippen molar-refractivity contribution in [1.82, 2.24) is 4.98 Å². The van der Waals surface area contributed by atoms with Gasteiger partial charge in [-0.2, -0.15) is 0 Å². The summed E-state index contributed by atoms with van der Waals surface area (Å²) < 4.78 is 5.07. The number of esters is 1. The van der Waals surface area contributed by atoms with Crippen LogP contribution in [0.2, 0.25) is 0 Å². The third-order valence-corrected chi connectivity index (χ3v) is 1.96. The maximum absolute atomic E-state index is 11.3. The SMILES string of the molecule is Cc1cc(CC(=O)OC(C)C)c(C)[nH]1. The van der Waals surface area contributed by atoms with Gasteiger partial charge in [-0.05, 0) is 39.3 Å². The number of nitrogens with one attached hydrogen (secondary N) is 1. The van der Waals surface area contributed by atoms with Crippen LogP contribution in [-0.4, -0.2) is 17.1 Å². The van der Waals surface area contributed by atoms with Gasteiger partial charge in [-0.3, -0.25) is 4.79 Å². The van der Waals surface area contributed by atoms with Gasteiger partial charge in [0.05, 0.1) is 12.5 Å². The molecule has 0 unspecified atom stereocenters. The number of aryl methyl sites for hydroxylation is 2. The molecule has 0 fully saturated rings. The van der Waals surface area contributed by atoms with Gasteiger partial charge in [0.2, 0.25) is 0 Å². The van der Waals surface area contributed by atoms with Gasteiger partial charge in [0.25, 0.3) is 0 Å². The predicted molar refractivity (Wildman–Crippen MR) is 55.2 cm³/mol. The van der Waals surface area contributed by atoms with Gasteiger partial charge >= 0.3 is 5.97 Å². The Hall–Kier alpha value is -1.25. The minimum atomic E-state index is -0.165. The van der Waals surface area contributed by atoms with Crippen molar-refractivity contribution < 1.29 is 9.53 Å². The molecule has 0 spiro atoms. The first-order chi connectivity index (χ1) is 6.49. The first kappa shape index (κ1) is 10.8. The lowest BCUT2D eigenvalue weighted by Gasteiger charge is -2.07. The summed E-state index contributed by atoms with van der Waals surface area (Å²) in [5.74, 6) is -0.165. The van der Waals surface area contributed by atoms with E-state index in [9.17, 15) is 4.79 Å². The van der Waals surface area contributed by atoms with E-state index in [0.717, 1.165) is 17.0 Å². The Morgan fingerprint density at radius 1 is 1.50 bits per heavy atom. The number of carbonyl (C=O) groups excluding carboxylic acids is 1. The molecule has 0 radical (unpaired) electrons. The van der Waals surface area contributed by atoms with Gasteiger partial charge in [0.1, 0.15) is 0 Å². The van der Waals surface area contributed by atoms with Crippen LogP contribution in [0.3, 0.4) is 0 Å². The monoisotopic (exact) mass is 195 g/mol. The molecule has 1 heterocycles. The van der Waals surface area contributed by atoms with Crippen LogP contribution in [0.1, 0.15) is 30.8 Å². The number of hydrogen-bond donors (Lipinski definition) is 1. The second-order valence-corrected chi connectivity index (χ2v) is 3.82. The minimum Gasteiger partial charge on any atom is -0.463 e. The highest BCUT2D eigenvalue weighted by atomic mass is 16.5. The van der Waals surface area contributed by atoms with Crippen LogP contribution >= 0.6 is 0 Å². The molecule has 1 aromatic heterocycles. The van der Waals surface area contributed by atoms with Crippen molar-refractivity contribution in [2.75, 3.05) is 0 Å². The number of aromatic amines is 1. The summed E-state index contributed by atoms with van der Waals surface area (Å²) in [5.41, 5.74) is 3.14. The van der Waals surface area contributed by atoms with Gasteiger partial charge in [-0.25, -0.2) is 0 Å². The highest BCUT2D eigenvalue weighted by Crippen LogP contribution is 2.10. The fourth-order valence-corrected chi connectivity index (χ4v) is 1.43. The normalized spacial score (nSPS) is 10.6. The van der Waals surface area contributed by atoms with Crippen molar-refractivity contribution in [3.63, 3.8) is 0 Å². The molecular formula is C11H17NO2. The van der Waals surface area contributed by atoms with E-state index in [4.69, 9.17) is 4.74 Å². The molecule has 78 valence electrons. The number of hydrogen-bond acceptors (Lipinski definition) is 2. The van der Waals surface area contributed by atoms with E-state index in [0.29, 0.717) is 6.42 Å². The van der Waals surface area contributed by atoms with Crippen molar-refractivity contribution in [2.24, 2.45) is 0 Å².